The molecule has 1 aliphatic rings. The van der Waals surface area contributed by atoms with Crippen LogP contribution in [0.1, 0.15) is 31.2 Å². The number of amides is 1. The first-order chi connectivity index (χ1) is 9.54. The third-order valence-corrected chi connectivity index (χ3v) is 3.56. The van der Waals surface area contributed by atoms with Crippen LogP contribution in [0.2, 0.25) is 0 Å². The summed E-state index contributed by atoms with van der Waals surface area (Å²) in [4.78, 5) is 24.4. The smallest absolute Gasteiger partial charge is 0.269 e. The van der Waals surface area contributed by atoms with Crippen molar-refractivity contribution in [1.82, 2.24) is 4.90 Å². The number of nitrogens with zero attached hydrogens (tertiary/aromatic N) is 2. The molecule has 1 atom stereocenters. The molecule has 1 aromatic rings. The molecule has 1 aliphatic carbocycles. The van der Waals surface area contributed by atoms with E-state index in [2.05, 4.69) is 0 Å². The van der Waals surface area contributed by atoms with Crippen LogP contribution >= 0.6 is 0 Å². The normalized spacial score (nSPS) is 15.7. The van der Waals surface area contributed by atoms with Crippen LogP contribution in [-0.4, -0.2) is 40.0 Å². The molecule has 6 heteroatoms. The van der Waals surface area contributed by atoms with Crippen molar-refractivity contribution in [2.75, 3.05) is 13.2 Å². The average Bonchev–Trinajstić information content (AvgIpc) is 3.28. The number of rotatable bonds is 6. The second-order valence-electron chi connectivity index (χ2n) is 5.06. The van der Waals surface area contributed by atoms with Crippen LogP contribution in [0.4, 0.5) is 5.69 Å². The van der Waals surface area contributed by atoms with E-state index < -0.39 is 10.8 Å². The summed E-state index contributed by atoms with van der Waals surface area (Å²) in [5.41, 5.74) is 0.620. The van der Waals surface area contributed by atoms with Gasteiger partial charge in [0.2, 0.25) is 5.91 Å². The van der Waals surface area contributed by atoms with E-state index >= 15 is 0 Å². The van der Waals surface area contributed by atoms with Gasteiger partial charge in [-0.05, 0) is 25.3 Å². The zero-order valence-corrected chi connectivity index (χ0v) is 11.4. The van der Waals surface area contributed by atoms with Crippen LogP contribution in [-0.2, 0) is 4.79 Å². The quantitative estimate of drug-likeness (QED) is 0.634. The zero-order chi connectivity index (χ0) is 14.7. The molecule has 0 spiro atoms. The van der Waals surface area contributed by atoms with E-state index in [9.17, 15) is 14.9 Å². The van der Waals surface area contributed by atoms with E-state index in [1.54, 1.807) is 24.0 Å². The molecular formula is C14H18N2O4. The summed E-state index contributed by atoms with van der Waals surface area (Å²) >= 11 is 0. The molecule has 0 saturated heterocycles. The fraction of sp³-hybridized carbons (Fsp3) is 0.500. The molecule has 2 rings (SSSR count). The van der Waals surface area contributed by atoms with Gasteiger partial charge in [-0.2, -0.15) is 0 Å². The molecule has 1 amide bonds. The Morgan fingerprint density at radius 2 is 2.25 bits per heavy atom. The highest BCUT2D eigenvalue weighted by atomic mass is 16.6. The molecular weight excluding hydrogens is 260 g/mol. The maximum absolute atomic E-state index is 12.4. The molecule has 1 N–H and O–H groups in total. The van der Waals surface area contributed by atoms with Gasteiger partial charge in [-0.1, -0.05) is 12.1 Å². The summed E-state index contributed by atoms with van der Waals surface area (Å²) in [5, 5.41) is 19.8. The first-order valence-corrected chi connectivity index (χ1v) is 6.70. The van der Waals surface area contributed by atoms with Crippen molar-refractivity contribution in [3.8, 4) is 0 Å². The Morgan fingerprint density at radius 3 is 2.80 bits per heavy atom. The fourth-order valence-electron chi connectivity index (χ4n) is 2.27. The van der Waals surface area contributed by atoms with Gasteiger partial charge >= 0.3 is 0 Å². The van der Waals surface area contributed by atoms with E-state index in [0.717, 1.165) is 12.8 Å². The number of benzene rings is 1. The van der Waals surface area contributed by atoms with Gasteiger partial charge in [-0.15, -0.1) is 0 Å². The molecule has 1 aromatic carbocycles. The van der Waals surface area contributed by atoms with Crippen LogP contribution in [0.5, 0.6) is 0 Å². The van der Waals surface area contributed by atoms with Crippen molar-refractivity contribution < 1.29 is 14.8 Å². The number of non-ortho nitro benzene ring substituents is 1. The standard InChI is InChI=1S/C14H18N2O4/c1-10(11-3-2-4-13(9-11)16(19)20)14(18)15(7-8-17)12-5-6-12/h2-4,9-10,12,17H,5-8H2,1H3. The summed E-state index contributed by atoms with van der Waals surface area (Å²) < 4.78 is 0. The Bertz CT molecular complexity index is 514. The minimum atomic E-state index is -0.465. The number of carbonyl (C=O) groups excluding carboxylic acids is 1. The van der Waals surface area contributed by atoms with Crippen LogP contribution in [0.15, 0.2) is 24.3 Å². The molecule has 6 nitrogen and oxygen atoms in total. The van der Waals surface area contributed by atoms with E-state index in [1.807, 2.05) is 0 Å². The Kier molecular flexibility index (Phi) is 4.34. The van der Waals surface area contributed by atoms with Gasteiger partial charge in [0.05, 0.1) is 17.4 Å². The predicted octanol–water partition coefficient (Wildman–Crippen LogP) is 1.68. The lowest BCUT2D eigenvalue weighted by atomic mass is 9.99. The Labute approximate surface area is 117 Å². The summed E-state index contributed by atoms with van der Waals surface area (Å²) in [6.45, 7) is 2.00. The third kappa shape index (κ3) is 3.14. The minimum absolute atomic E-state index is 0.0118. The topological polar surface area (TPSA) is 83.7 Å². The highest BCUT2D eigenvalue weighted by Crippen LogP contribution is 2.30. The lowest BCUT2D eigenvalue weighted by Gasteiger charge is -2.25. The second-order valence-corrected chi connectivity index (χ2v) is 5.06. The van der Waals surface area contributed by atoms with E-state index in [0.29, 0.717) is 12.1 Å². The van der Waals surface area contributed by atoms with Crippen LogP contribution in [0.3, 0.4) is 0 Å². The largest absolute Gasteiger partial charge is 0.395 e. The second kappa shape index (κ2) is 6.00. The molecule has 0 aromatic heterocycles. The highest BCUT2D eigenvalue weighted by molar-refractivity contribution is 5.84. The van der Waals surface area contributed by atoms with Gasteiger partial charge in [0.15, 0.2) is 0 Å². The van der Waals surface area contributed by atoms with E-state index in [1.165, 1.54) is 12.1 Å². The maximum Gasteiger partial charge on any atom is 0.269 e. The molecule has 0 aliphatic heterocycles. The number of carbonyl (C=O) groups is 1. The van der Waals surface area contributed by atoms with Gasteiger partial charge in [0.1, 0.15) is 0 Å². The van der Waals surface area contributed by atoms with Crippen LogP contribution < -0.4 is 0 Å². The lowest BCUT2D eigenvalue weighted by Crippen LogP contribution is -2.38. The molecule has 20 heavy (non-hydrogen) atoms. The molecule has 1 saturated carbocycles. The fourth-order valence-corrected chi connectivity index (χ4v) is 2.27. The van der Waals surface area contributed by atoms with Crippen molar-refractivity contribution in [3.63, 3.8) is 0 Å². The number of nitro benzene ring substituents is 1. The average molecular weight is 278 g/mol. The van der Waals surface area contributed by atoms with Gasteiger partial charge < -0.3 is 10.0 Å². The third-order valence-electron chi connectivity index (χ3n) is 3.56. The number of hydrogen-bond donors (Lipinski definition) is 1. The minimum Gasteiger partial charge on any atom is -0.395 e. The van der Waals surface area contributed by atoms with Gasteiger partial charge in [-0.25, -0.2) is 0 Å². The lowest BCUT2D eigenvalue weighted by molar-refractivity contribution is -0.384. The van der Waals surface area contributed by atoms with Gasteiger partial charge in [0, 0.05) is 24.7 Å². The number of aliphatic hydroxyl groups excluding tert-OH is 1. The Balaban J connectivity index is 2.16. The first kappa shape index (κ1) is 14.5. The molecule has 1 unspecified atom stereocenters. The maximum atomic E-state index is 12.4. The molecule has 1 fully saturated rings. The summed E-state index contributed by atoms with van der Waals surface area (Å²) in [7, 11) is 0. The summed E-state index contributed by atoms with van der Waals surface area (Å²) in [6.07, 6.45) is 1.93. The summed E-state index contributed by atoms with van der Waals surface area (Å²) in [5.74, 6) is -0.524. The van der Waals surface area contributed by atoms with Crippen LogP contribution in [0, 0.1) is 10.1 Å². The highest BCUT2D eigenvalue weighted by Gasteiger charge is 2.34. The first-order valence-electron chi connectivity index (χ1n) is 6.70. The molecule has 0 radical (unpaired) electrons. The van der Waals surface area contributed by atoms with Crippen molar-refractivity contribution in [2.45, 2.75) is 31.7 Å². The number of nitro groups is 1. The van der Waals surface area contributed by atoms with Crippen molar-refractivity contribution in [1.29, 1.82) is 0 Å². The van der Waals surface area contributed by atoms with Crippen molar-refractivity contribution >= 4 is 11.6 Å². The number of aliphatic hydroxyl groups is 1. The predicted molar refractivity (Wildman–Crippen MR) is 73.3 cm³/mol. The molecule has 108 valence electrons. The SMILES string of the molecule is CC(C(=O)N(CCO)C1CC1)c1cccc([N+](=O)[O-])c1. The van der Waals surface area contributed by atoms with E-state index in [-0.39, 0.29) is 24.2 Å². The van der Waals surface area contributed by atoms with Gasteiger partial charge in [-0.3, -0.25) is 14.9 Å². The summed E-state index contributed by atoms with van der Waals surface area (Å²) in [6, 6.07) is 6.38. The Morgan fingerprint density at radius 1 is 1.55 bits per heavy atom. The monoisotopic (exact) mass is 278 g/mol. The Hall–Kier alpha value is -1.95. The molecule has 0 bridgehead atoms. The number of hydrogen-bond acceptors (Lipinski definition) is 4. The molecule has 0 heterocycles. The van der Waals surface area contributed by atoms with Crippen molar-refractivity contribution in [2.24, 2.45) is 0 Å². The van der Waals surface area contributed by atoms with Crippen LogP contribution in [0.25, 0.3) is 0 Å². The van der Waals surface area contributed by atoms with E-state index in [4.69, 9.17) is 5.11 Å². The zero-order valence-electron chi connectivity index (χ0n) is 11.4. The van der Waals surface area contributed by atoms with Crippen molar-refractivity contribution in [3.05, 3.63) is 39.9 Å². The van der Waals surface area contributed by atoms with Gasteiger partial charge in [0.25, 0.3) is 5.69 Å².